The van der Waals surface area contributed by atoms with Gasteiger partial charge in [0, 0.05) is 19.2 Å². The summed E-state index contributed by atoms with van der Waals surface area (Å²) in [5, 5.41) is 2.84. The first kappa shape index (κ1) is 16.3. The minimum Gasteiger partial charge on any atom is -0.497 e. The van der Waals surface area contributed by atoms with Crippen molar-refractivity contribution in [1.82, 2.24) is 10.2 Å². The van der Waals surface area contributed by atoms with Crippen LogP contribution in [0.1, 0.15) is 13.8 Å². The average molecular weight is 280 g/mol. The lowest BCUT2D eigenvalue weighted by molar-refractivity contribution is -0.123. The number of carbonyl (C=O) groups excluding carboxylic acids is 1. The number of ether oxygens (including phenoxy) is 2. The van der Waals surface area contributed by atoms with E-state index in [-0.39, 0.29) is 12.5 Å². The van der Waals surface area contributed by atoms with Gasteiger partial charge in [0.05, 0.1) is 7.11 Å². The molecule has 0 bridgehead atoms. The number of methoxy groups -OCH3 is 1. The van der Waals surface area contributed by atoms with E-state index in [9.17, 15) is 4.79 Å². The summed E-state index contributed by atoms with van der Waals surface area (Å²) >= 11 is 0. The van der Waals surface area contributed by atoms with E-state index in [0.717, 1.165) is 19.6 Å². The monoisotopic (exact) mass is 280 g/mol. The molecule has 0 heterocycles. The fourth-order valence-corrected chi connectivity index (χ4v) is 1.78. The van der Waals surface area contributed by atoms with Gasteiger partial charge in [-0.3, -0.25) is 4.79 Å². The summed E-state index contributed by atoms with van der Waals surface area (Å²) in [4.78, 5) is 13.9. The van der Waals surface area contributed by atoms with Crippen molar-refractivity contribution in [3.05, 3.63) is 24.3 Å². The number of carbonyl (C=O) groups is 1. The molecule has 0 saturated carbocycles. The van der Waals surface area contributed by atoms with Crippen molar-refractivity contribution >= 4 is 5.91 Å². The normalized spacial score (nSPS) is 10.4. The summed E-state index contributed by atoms with van der Waals surface area (Å²) in [6.45, 7) is 7.72. The molecule has 1 amide bonds. The Kier molecular flexibility index (Phi) is 7.50. The van der Waals surface area contributed by atoms with Crippen LogP contribution in [0.25, 0.3) is 0 Å². The molecule has 0 fully saturated rings. The van der Waals surface area contributed by atoms with Crippen molar-refractivity contribution in [2.24, 2.45) is 0 Å². The summed E-state index contributed by atoms with van der Waals surface area (Å²) in [5.41, 5.74) is 0. The molecule has 0 aliphatic rings. The van der Waals surface area contributed by atoms with Crippen LogP contribution < -0.4 is 14.8 Å². The topological polar surface area (TPSA) is 50.8 Å². The zero-order valence-corrected chi connectivity index (χ0v) is 12.5. The van der Waals surface area contributed by atoms with E-state index in [1.54, 1.807) is 19.2 Å². The molecule has 0 spiro atoms. The third-order valence-corrected chi connectivity index (χ3v) is 3.06. The fourth-order valence-electron chi connectivity index (χ4n) is 1.78. The maximum absolute atomic E-state index is 11.6. The van der Waals surface area contributed by atoms with E-state index in [4.69, 9.17) is 9.47 Å². The first-order valence-corrected chi connectivity index (χ1v) is 6.95. The predicted molar refractivity (Wildman–Crippen MR) is 79.3 cm³/mol. The molecule has 1 N–H and O–H groups in total. The molecule has 20 heavy (non-hydrogen) atoms. The highest BCUT2D eigenvalue weighted by atomic mass is 16.5. The summed E-state index contributed by atoms with van der Waals surface area (Å²) in [5.74, 6) is 1.23. The van der Waals surface area contributed by atoms with Crippen LogP contribution in [-0.2, 0) is 4.79 Å². The predicted octanol–water partition coefficient (Wildman–Crippen LogP) is 1.53. The molecule has 5 nitrogen and oxygen atoms in total. The SMILES string of the molecule is CCN(CC)CCNC(=O)COc1cccc(OC)c1. The van der Waals surface area contributed by atoms with E-state index in [2.05, 4.69) is 24.1 Å². The molecule has 0 aromatic heterocycles. The molecule has 1 aromatic carbocycles. The van der Waals surface area contributed by atoms with Gasteiger partial charge in [-0.2, -0.15) is 0 Å². The molecule has 0 aliphatic carbocycles. The molecule has 5 heteroatoms. The van der Waals surface area contributed by atoms with Crippen molar-refractivity contribution in [3.8, 4) is 11.5 Å². The molecular formula is C15H24N2O3. The van der Waals surface area contributed by atoms with Crippen LogP contribution >= 0.6 is 0 Å². The first-order valence-electron chi connectivity index (χ1n) is 6.95. The molecule has 0 atom stereocenters. The molecule has 1 aromatic rings. The molecular weight excluding hydrogens is 256 g/mol. The largest absolute Gasteiger partial charge is 0.497 e. The number of hydrogen-bond acceptors (Lipinski definition) is 4. The van der Waals surface area contributed by atoms with Crippen LogP contribution in [0.2, 0.25) is 0 Å². The van der Waals surface area contributed by atoms with E-state index in [1.807, 2.05) is 12.1 Å². The zero-order valence-electron chi connectivity index (χ0n) is 12.5. The molecule has 0 radical (unpaired) electrons. The van der Waals surface area contributed by atoms with Crippen molar-refractivity contribution in [2.45, 2.75) is 13.8 Å². The lowest BCUT2D eigenvalue weighted by Crippen LogP contribution is -2.36. The van der Waals surface area contributed by atoms with Gasteiger partial charge in [0.15, 0.2) is 6.61 Å². The Morgan fingerprint density at radius 3 is 2.60 bits per heavy atom. The first-order chi connectivity index (χ1) is 9.69. The fraction of sp³-hybridized carbons (Fsp3) is 0.533. The Hall–Kier alpha value is -1.75. The Balaban J connectivity index is 2.25. The van der Waals surface area contributed by atoms with Gasteiger partial charge in [-0.1, -0.05) is 19.9 Å². The van der Waals surface area contributed by atoms with Gasteiger partial charge in [-0.05, 0) is 25.2 Å². The maximum atomic E-state index is 11.6. The summed E-state index contributed by atoms with van der Waals surface area (Å²) in [7, 11) is 1.60. The van der Waals surface area contributed by atoms with E-state index < -0.39 is 0 Å². The number of amides is 1. The van der Waals surface area contributed by atoms with Crippen LogP contribution in [0.5, 0.6) is 11.5 Å². The van der Waals surface area contributed by atoms with Crippen LogP contribution in [0.3, 0.4) is 0 Å². The standard InChI is InChI=1S/C15H24N2O3/c1-4-17(5-2)10-9-16-15(18)12-20-14-8-6-7-13(11-14)19-3/h6-8,11H,4-5,9-10,12H2,1-3H3,(H,16,18). The smallest absolute Gasteiger partial charge is 0.257 e. The third-order valence-electron chi connectivity index (χ3n) is 3.06. The van der Waals surface area contributed by atoms with Crippen LogP contribution in [0.4, 0.5) is 0 Å². The van der Waals surface area contributed by atoms with Gasteiger partial charge in [0.25, 0.3) is 5.91 Å². The van der Waals surface area contributed by atoms with Gasteiger partial charge in [-0.15, -0.1) is 0 Å². The highest BCUT2D eigenvalue weighted by Crippen LogP contribution is 2.18. The van der Waals surface area contributed by atoms with Gasteiger partial charge >= 0.3 is 0 Å². The number of nitrogens with one attached hydrogen (secondary N) is 1. The zero-order chi connectivity index (χ0) is 14.8. The minimum absolute atomic E-state index is 0.0193. The number of likely N-dealkylation sites (N-methyl/N-ethyl adjacent to an activating group) is 1. The van der Waals surface area contributed by atoms with Gasteiger partial charge < -0.3 is 19.7 Å². The second-order valence-electron chi connectivity index (χ2n) is 4.34. The average Bonchev–Trinajstić information content (AvgIpc) is 2.49. The number of benzene rings is 1. The Labute approximate surface area is 120 Å². The molecule has 0 unspecified atom stereocenters. The second-order valence-corrected chi connectivity index (χ2v) is 4.34. The van der Waals surface area contributed by atoms with E-state index >= 15 is 0 Å². The van der Waals surface area contributed by atoms with E-state index in [1.165, 1.54) is 0 Å². The summed E-state index contributed by atoms with van der Waals surface area (Å²) in [6.07, 6.45) is 0. The molecule has 112 valence electrons. The van der Waals surface area contributed by atoms with Crippen molar-refractivity contribution in [3.63, 3.8) is 0 Å². The van der Waals surface area contributed by atoms with Crippen molar-refractivity contribution < 1.29 is 14.3 Å². The quantitative estimate of drug-likeness (QED) is 0.745. The lowest BCUT2D eigenvalue weighted by atomic mass is 10.3. The van der Waals surface area contributed by atoms with E-state index in [0.29, 0.717) is 18.0 Å². The van der Waals surface area contributed by atoms with Gasteiger partial charge in [-0.25, -0.2) is 0 Å². The van der Waals surface area contributed by atoms with Gasteiger partial charge in [0.1, 0.15) is 11.5 Å². The number of nitrogens with zero attached hydrogens (tertiary/aromatic N) is 1. The highest BCUT2D eigenvalue weighted by molar-refractivity contribution is 5.77. The van der Waals surface area contributed by atoms with Crippen LogP contribution in [-0.4, -0.2) is 50.7 Å². The number of rotatable bonds is 9. The van der Waals surface area contributed by atoms with Crippen molar-refractivity contribution in [1.29, 1.82) is 0 Å². The highest BCUT2D eigenvalue weighted by Gasteiger charge is 2.04. The second kappa shape index (κ2) is 9.20. The summed E-state index contributed by atoms with van der Waals surface area (Å²) < 4.78 is 10.5. The lowest BCUT2D eigenvalue weighted by Gasteiger charge is -2.18. The molecule has 1 rings (SSSR count). The Bertz CT molecular complexity index is 406. The maximum Gasteiger partial charge on any atom is 0.257 e. The Morgan fingerprint density at radius 1 is 1.25 bits per heavy atom. The summed E-state index contributed by atoms with van der Waals surface area (Å²) in [6, 6.07) is 7.21. The molecule has 0 saturated heterocycles. The minimum atomic E-state index is -0.111. The van der Waals surface area contributed by atoms with Gasteiger partial charge in [0.2, 0.25) is 0 Å². The van der Waals surface area contributed by atoms with Crippen LogP contribution in [0, 0.1) is 0 Å². The number of hydrogen-bond donors (Lipinski definition) is 1. The van der Waals surface area contributed by atoms with Crippen LogP contribution in [0.15, 0.2) is 24.3 Å². The third kappa shape index (κ3) is 5.93. The molecule has 0 aliphatic heterocycles. The Morgan fingerprint density at radius 2 is 1.95 bits per heavy atom. The van der Waals surface area contributed by atoms with Crippen molar-refractivity contribution in [2.75, 3.05) is 39.9 Å².